The SMILES string of the molecule is CCNC(=NCc1ccccc1OCCN(C)C)NC1CCN(c2cccs2)CC1. The smallest absolute Gasteiger partial charge is 0.191 e. The summed E-state index contributed by atoms with van der Waals surface area (Å²) in [5, 5.41) is 10.6. The molecule has 7 heteroatoms. The third-order valence-electron chi connectivity index (χ3n) is 5.17. The minimum absolute atomic E-state index is 0.450. The fraction of sp³-hybridized carbons (Fsp3) is 0.522. The maximum absolute atomic E-state index is 5.98. The fourth-order valence-corrected chi connectivity index (χ4v) is 4.27. The molecule has 1 saturated heterocycles. The molecule has 0 atom stereocenters. The van der Waals surface area contributed by atoms with E-state index in [0.717, 1.165) is 56.3 Å². The number of benzene rings is 1. The lowest BCUT2D eigenvalue weighted by Crippen LogP contribution is -2.48. The summed E-state index contributed by atoms with van der Waals surface area (Å²) in [5.41, 5.74) is 1.11. The number of likely N-dealkylation sites (N-methyl/N-ethyl adjacent to an activating group) is 1. The molecule has 1 aliphatic rings. The van der Waals surface area contributed by atoms with Crippen molar-refractivity contribution in [2.24, 2.45) is 4.99 Å². The Morgan fingerprint density at radius 2 is 2.00 bits per heavy atom. The van der Waals surface area contributed by atoms with Crippen LogP contribution in [0, 0.1) is 0 Å². The van der Waals surface area contributed by atoms with Gasteiger partial charge in [-0.3, -0.25) is 0 Å². The lowest BCUT2D eigenvalue weighted by molar-refractivity contribution is 0.259. The van der Waals surface area contributed by atoms with Crippen LogP contribution in [0.5, 0.6) is 5.75 Å². The molecule has 1 aromatic heterocycles. The van der Waals surface area contributed by atoms with Gasteiger partial charge in [0.25, 0.3) is 0 Å². The number of piperidine rings is 1. The van der Waals surface area contributed by atoms with E-state index < -0.39 is 0 Å². The highest BCUT2D eigenvalue weighted by Crippen LogP contribution is 2.25. The van der Waals surface area contributed by atoms with Gasteiger partial charge in [0, 0.05) is 37.8 Å². The van der Waals surface area contributed by atoms with Crippen molar-refractivity contribution in [1.29, 1.82) is 0 Å². The van der Waals surface area contributed by atoms with Crippen LogP contribution in [0.25, 0.3) is 0 Å². The van der Waals surface area contributed by atoms with Gasteiger partial charge >= 0.3 is 0 Å². The number of guanidine groups is 1. The Kier molecular flexibility index (Phi) is 8.83. The van der Waals surface area contributed by atoms with Crippen LogP contribution in [-0.4, -0.2) is 63.8 Å². The number of hydrogen-bond acceptors (Lipinski definition) is 5. The normalized spacial score (nSPS) is 15.5. The van der Waals surface area contributed by atoms with Crippen molar-refractivity contribution < 1.29 is 4.74 Å². The predicted molar refractivity (Wildman–Crippen MR) is 128 cm³/mol. The molecule has 0 aliphatic carbocycles. The van der Waals surface area contributed by atoms with Gasteiger partial charge in [-0.25, -0.2) is 4.99 Å². The second-order valence-corrected chi connectivity index (χ2v) is 8.74. The summed E-state index contributed by atoms with van der Waals surface area (Å²) >= 11 is 1.82. The van der Waals surface area contributed by atoms with E-state index in [9.17, 15) is 0 Å². The van der Waals surface area contributed by atoms with Crippen molar-refractivity contribution >= 4 is 22.3 Å². The summed E-state index contributed by atoms with van der Waals surface area (Å²) in [6.07, 6.45) is 2.24. The Balaban J connectivity index is 1.55. The summed E-state index contributed by atoms with van der Waals surface area (Å²) in [4.78, 5) is 9.45. The summed E-state index contributed by atoms with van der Waals surface area (Å²) < 4.78 is 5.98. The molecule has 1 aromatic carbocycles. The van der Waals surface area contributed by atoms with E-state index in [0.29, 0.717) is 19.2 Å². The third kappa shape index (κ3) is 6.92. The van der Waals surface area contributed by atoms with Gasteiger partial charge in [-0.2, -0.15) is 0 Å². The van der Waals surface area contributed by atoms with E-state index in [2.05, 4.69) is 65.0 Å². The zero-order valence-electron chi connectivity index (χ0n) is 18.4. The van der Waals surface area contributed by atoms with Crippen LogP contribution in [-0.2, 0) is 6.54 Å². The maximum atomic E-state index is 5.98. The van der Waals surface area contributed by atoms with Gasteiger partial charge in [0.05, 0.1) is 11.5 Å². The van der Waals surface area contributed by atoms with Crippen molar-refractivity contribution in [3.8, 4) is 5.75 Å². The Hall–Kier alpha value is -2.25. The number of ether oxygens (including phenoxy) is 1. The van der Waals surface area contributed by atoms with Crippen LogP contribution in [0.1, 0.15) is 25.3 Å². The second kappa shape index (κ2) is 11.8. The van der Waals surface area contributed by atoms with Crippen molar-refractivity contribution in [3.63, 3.8) is 0 Å². The molecule has 0 bridgehead atoms. The zero-order valence-corrected chi connectivity index (χ0v) is 19.3. The first-order valence-electron chi connectivity index (χ1n) is 10.8. The first-order valence-corrected chi connectivity index (χ1v) is 11.7. The highest BCUT2D eigenvalue weighted by molar-refractivity contribution is 7.14. The second-order valence-electron chi connectivity index (χ2n) is 7.81. The van der Waals surface area contributed by atoms with Crippen LogP contribution >= 0.6 is 11.3 Å². The van der Waals surface area contributed by atoms with Crippen LogP contribution in [0.3, 0.4) is 0 Å². The minimum Gasteiger partial charge on any atom is -0.492 e. The van der Waals surface area contributed by atoms with Crippen LogP contribution in [0.15, 0.2) is 46.8 Å². The van der Waals surface area contributed by atoms with E-state index in [1.165, 1.54) is 5.00 Å². The number of thiophene rings is 1. The Bertz CT molecular complexity index is 770. The van der Waals surface area contributed by atoms with E-state index in [-0.39, 0.29) is 0 Å². The van der Waals surface area contributed by atoms with E-state index in [4.69, 9.17) is 9.73 Å². The summed E-state index contributed by atoms with van der Waals surface area (Å²) in [5.74, 6) is 1.80. The molecular formula is C23H35N5OS. The first kappa shape index (κ1) is 22.4. The molecule has 6 nitrogen and oxygen atoms in total. The fourth-order valence-electron chi connectivity index (χ4n) is 3.49. The summed E-state index contributed by atoms with van der Waals surface area (Å²) in [6, 6.07) is 13.0. The van der Waals surface area contributed by atoms with Gasteiger partial charge in [-0.15, -0.1) is 11.3 Å². The largest absolute Gasteiger partial charge is 0.492 e. The maximum Gasteiger partial charge on any atom is 0.191 e. The molecule has 164 valence electrons. The van der Waals surface area contributed by atoms with Gasteiger partial charge in [0.15, 0.2) is 5.96 Å². The molecule has 1 aliphatic heterocycles. The van der Waals surface area contributed by atoms with E-state index >= 15 is 0 Å². The average Bonchev–Trinajstić information content (AvgIpc) is 3.28. The molecule has 0 unspecified atom stereocenters. The molecule has 0 amide bonds. The molecule has 0 saturated carbocycles. The molecule has 2 heterocycles. The monoisotopic (exact) mass is 429 g/mol. The molecule has 1 fully saturated rings. The Morgan fingerprint density at radius 1 is 1.20 bits per heavy atom. The number of nitrogens with zero attached hydrogens (tertiary/aromatic N) is 3. The van der Waals surface area contributed by atoms with Gasteiger partial charge in [-0.1, -0.05) is 18.2 Å². The summed E-state index contributed by atoms with van der Waals surface area (Å²) in [6.45, 7) is 7.29. The lowest BCUT2D eigenvalue weighted by atomic mass is 10.1. The predicted octanol–water partition coefficient (Wildman–Crippen LogP) is 3.41. The number of aliphatic imine (C=N–C) groups is 1. The van der Waals surface area contributed by atoms with Crippen molar-refractivity contribution in [1.82, 2.24) is 15.5 Å². The van der Waals surface area contributed by atoms with E-state index in [1.807, 2.05) is 29.5 Å². The average molecular weight is 430 g/mol. The number of rotatable bonds is 9. The standard InChI is InChI=1S/C23H35N5OS/c1-4-24-23(26-20-11-13-28(14-12-20)22-10-7-17-30-22)25-18-19-8-5-6-9-21(19)29-16-15-27(2)3/h5-10,17,20H,4,11-16,18H2,1-3H3,(H2,24,25,26). The molecule has 2 N–H and O–H groups in total. The molecule has 0 spiro atoms. The molecule has 2 aromatic rings. The highest BCUT2D eigenvalue weighted by atomic mass is 32.1. The van der Waals surface area contributed by atoms with Crippen LogP contribution in [0.2, 0.25) is 0 Å². The van der Waals surface area contributed by atoms with Crippen molar-refractivity contribution in [2.45, 2.75) is 32.4 Å². The first-order chi connectivity index (χ1) is 14.7. The van der Waals surface area contributed by atoms with Crippen molar-refractivity contribution in [2.75, 3.05) is 51.8 Å². The number of hydrogen-bond donors (Lipinski definition) is 2. The Labute approximate surface area is 184 Å². The quantitative estimate of drug-likeness (QED) is 0.473. The van der Waals surface area contributed by atoms with Crippen molar-refractivity contribution in [3.05, 3.63) is 47.3 Å². The topological polar surface area (TPSA) is 52.1 Å². The molecule has 3 rings (SSSR count). The molecule has 0 radical (unpaired) electrons. The van der Waals surface area contributed by atoms with E-state index in [1.54, 1.807) is 0 Å². The Morgan fingerprint density at radius 3 is 2.70 bits per heavy atom. The van der Waals surface area contributed by atoms with Gasteiger partial charge in [0.2, 0.25) is 0 Å². The molecule has 30 heavy (non-hydrogen) atoms. The molecular weight excluding hydrogens is 394 g/mol. The number of nitrogens with one attached hydrogen (secondary N) is 2. The lowest BCUT2D eigenvalue weighted by Gasteiger charge is -2.33. The van der Waals surface area contributed by atoms with Crippen LogP contribution in [0.4, 0.5) is 5.00 Å². The minimum atomic E-state index is 0.450. The van der Waals surface area contributed by atoms with Gasteiger partial charge in [0.1, 0.15) is 12.4 Å². The zero-order chi connectivity index (χ0) is 21.2. The summed E-state index contributed by atoms with van der Waals surface area (Å²) in [7, 11) is 4.11. The van der Waals surface area contributed by atoms with Crippen LogP contribution < -0.4 is 20.3 Å². The number of para-hydroxylation sites is 1. The number of anilines is 1. The highest BCUT2D eigenvalue weighted by Gasteiger charge is 2.20. The third-order valence-corrected chi connectivity index (χ3v) is 6.10. The van der Waals surface area contributed by atoms with Gasteiger partial charge < -0.3 is 25.2 Å². The van der Waals surface area contributed by atoms with Gasteiger partial charge in [-0.05, 0) is 57.4 Å².